The topological polar surface area (TPSA) is 101 Å². The molecule has 0 fully saturated rings. The number of rotatable bonds is 4. The summed E-state index contributed by atoms with van der Waals surface area (Å²) in [5, 5.41) is 2.56. The normalized spacial score (nSPS) is 13.1. The fraction of sp³-hybridized carbons (Fsp3) is 0.300. The standard InChI is InChI=1S/C10H15N3O3S/c1-7(11)10(14)13-8-3-5-9(6-4-8)17(15,16)12-2/h3-7,12H,11H2,1-2H3,(H,13,14)/t7-/m1/s1. The summed E-state index contributed by atoms with van der Waals surface area (Å²) in [5.74, 6) is -0.325. The van der Waals surface area contributed by atoms with Gasteiger partial charge in [-0.05, 0) is 38.2 Å². The third kappa shape index (κ3) is 3.52. The predicted molar refractivity (Wildman–Crippen MR) is 65.0 cm³/mol. The highest BCUT2D eigenvalue weighted by Crippen LogP contribution is 2.13. The van der Waals surface area contributed by atoms with Crippen molar-refractivity contribution in [3.63, 3.8) is 0 Å². The minimum absolute atomic E-state index is 0.138. The average molecular weight is 257 g/mol. The van der Waals surface area contributed by atoms with E-state index in [0.29, 0.717) is 5.69 Å². The molecule has 0 bridgehead atoms. The van der Waals surface area contributed by atoms with E-state index in [1.165, 1.54) is 31.3 Å². The zero-order valence-corrected chi connectivity index (χ0v) is 10.4. The van der Waals surface area contributed by atoms with Gasteiger partial charge >= 0.3 is 0 Å². The van der Waals surface area contributed by atoms with Crippen LogP contribution in [0.15, 0.2) is 29.2 Å². The maximum atomic E-state index is 11.4. The van der Waals surface area contributed by atoms with Crippen LogP contribution in [0.4, 0.5) is 5.69 Å². The van der Waals surface area contributed by atoms with Crippen molar-refractivity contribution in [3.05, 3.63) is 24.3 Å². The van der Waals surface area contributed by atoms with Gasteiger partial charge in [-0.25, -0.2) is 13.1 Å². The van der Waals surface area contributed by atoms with Crippen molar-refractivity contribution in [2.75, 3.05) is 12.4 Å². The Hall–Kier alpha value is -1.44. The molecule has 1 aromatic carbocycles. The van der Waals surface area contributed by atoms with Crippen LogP contribution in [0.3, 0.4) is 0 Å². The van der Waals surface area contributed by atoms with Crippen LogP contribution in [0.25, 0.3) is 0 Å². The number of hydrogen-bond acceptors (Lipinski definition) is 4. The lowest BCUT2D eigenvalue weighted by Gasteiger charge is -2.08. The Morgan fingerprint density at radius 2 is 1.82 bits per heavy atom. The zero-order chi connectivity index (χ0) is 13.1. The second-order valence-corrected chi connectivity index (χ2v) is 5.40. The molecule has 0 aromatic heterocycles. The number of amides is 1. The molecule has 1 aromatic rings. The van der Waals surface area contributed by atoms with Gasteiger partial charge in [0.15, 0.2) is 0 Å². The van der Waals surface area contributed by atoms with E-state index in [1.54, 1.807) is 6.92 Å². The summed E-state index contributed by atoms with van der Waals surface area (Å²) in [6.07, 6.45) is 0. The lowest BCUT2D eigenvalue weighted by molar-refractivity contribution is -0.117. The number of sulfonamides is 1. The van der Waals surface area contributed by atoms with Gasteiger partial charge in [-0.3, -0.25) is 4.79 Å². The van der Waals surface area contributed by atoms with Crippen LogP contribution in [0, 0.1) is 0 Å². The number of anilines is 1. The molecule has 0 aliphatic rings. The van der Waals surface area contributed by atoms with Crippen molar-refractivity contribution in [1.82, 2.24) is 4.72 Å². The first kappa shape index (κ1) is 13.6. The smallest absolute Gasteiger partial charge is 0.240 e. The van der Waals surface area contributed by atoms with Gasteiger partial charge in [0.1, 0.15) is 0 Å². The molecule has 0 aliphatic heterocycles. The third-order valence-corrected chi connectivity index (χ3v) is 3.54. The summed E-state index contributed by atoms with van der Waals surface area (Å²) in [6.45, 7) is 1.56. The first-order valence-electron chi connectivity index (χ1n) is 4.97. The summed E-state index contributed by atoms with van der Waals surface area (Å²) in [4.78, 5) is 11.4. The fourth-order valence-corrected chi connectivity index (χ4v) is 1.82. The second-order valence-electron chi connectivity index (χ2n) is 3.51. The molecule has 17 heavy (non-hydrogen) atoms. The predicted octanol–water partition coefficient (Wildman–Crippen LogP) is -0.120. The van der Waals surface area contributed by atoms with Crippen LogP contribution in [0.2, 0.25) is 0 Å². The van der Waals surface area contributed by atoms with Crippen molar-refractivity contribution >= 4 is 21.6 Å². The number of benzene rings is 1. The molecular weight excluding hydrogens is 242 g/mol. The zero-order valence-electron chi connectivity index (χ0n) is 9.60. The molecular formula is C10H15N3O3S. The van der Waals surface area contributed by atoms with Crippen LogP contribution in [0.5, 0.6) is 0 Å². The second kappa shape index (κ2) is 5.26. The molecule has 6 nitrogen and oxygen atoms in total. The van der Waals surface area contributed by atoms with Crippen LogP contribution < -0.4 is 15.8 Å². The third-order valence-electron chi connectivity index (χ3n) is 2.11. The lowest BCUT2D eigenvalue weighted by Crippen LogP contribution is -2.32. The van der Waals surface area contributed by atoms with E-state index < -0.39 is 16.1 Å². The van der Waals surface area contributed by atoms with Gasteiger partial charge in [-0.15, -0.1) is 0 Å². The summed E-state index contributed by atoms with van der Waals surface area (Å²) >= 11 is 0. The molecule has 0 saturated carbocycles. The number of carbonyl (C=O) groups is 1. The molecule has 0 radical (unpaired) electrons. The molecule has 0 spiro atoms. The van der Waals surface area contributed by atoms with Crippen LogP contribution in [0.1, 0.15) is 6.92 Å². The summed E-state index contributed by atoms with van der Waals surface area (Å²) in [6, 6.07) is 5.20. The maximum absolute atomic E-state index is 11.4. The monoisotopic (exact) mass is 257 g/mol. The Morgan fingerprint density at radius 3 is 2.24 bits per heavy atom. The molecule has 0 unspecified atom stereocenters. The van der Waals surface area contributed by atoms with Gasteiger partial charge in [-0.1, -0.05) is 0 Å². The fourth-order valence-electron chi connectivity index (χ4n) is 1.09. The Labute approximate surface area is 100 Å². The molecule has 4 N–H and O–H groups in total. The first-order chi connectivity index (χ1) is 7.86. The molecule has 1 amide bonds. The quantitative estimate of drug-likeness (QED) is 0.700. The molecule has 1 rings (SSSR count). The Kier molecular flexibility index (Phi) is 4.22. The largest absolute Gasteiger partial charge is 0.325 e. The van der Waals surface area contributed by atoms with Crippen LogP contribution >= 0.6 is 0 Å². The van der Waals surface area contributed by atoms with Gasteiger partial charge in [0.25, 0.3) is 0 Å². The molecule has 0 saturated heterocycles. The summed E-state index contributed by atoms with van der Waals surface area (Å²) in [7, 11) is -2.11. The minimum atomic E-state index is -3.45. The van der Waals surface area contributed by atoms with Gasteiger partial charge in [0, 0.05) is 5.69 Å². The Morgan fingerprint density at radius 1 is 1.29 bits per heavy atom. The van der Waals surface area contributed by atoms with Crippen molar-refractivity contribution in [2.24, 2.45) is 5.73 Å². The average Bonchev–Trinajstić information content (AvgIpc) is 2.29. The number of carbonyl (C=O) groups excluding carboxylic acids is 1. The molecule has 1 atom stereocenters. The summed E-state index contributed by atoms with van der Waals surface area (Å²) < 4.78 is 25.0. The van der Waals surface area contributed by atoms with E-state index in [-0.39, 0.29) is 10.8 Å². The Bertz CT molecular complexity index is 494. The van der Waals surface area contributed by atoms with E-state index >= 15 is 0 Å². The van der Waals surface area contributed by atoms with E-state index in [1.807, 2.05) is 0 Å². The highest BCUT2D eigenvalue weighted by Gasteiger charge is 2.11. The highest BCUT2D eigenvalue weighted by atomic mass is 32.2. The van der Waals surface area contributed by atoms with E-state index in [9.17, 15) is 13.2 Å². The van der Waals surface area contributed by atoms with E-state index in [2.05, 4.69) is 10.0 Å². The molecule has 7 heteroatoms. The number of nitrogens with two attached hydrogens (primary N) is 1. The molecule has 94 valence electrons. The molecule has 0 aliphatic carbocycles. The van der Waals surface area contributed by atoms with E-state index in [4.69, 9.17) is 5.73 Å². The van der Waals surface area contributed by atoms with Crippen molar-refractivity contribution in [1.29, 1.82) is 0 Å². The van der Waals surface area contributed by atoms with E-state index in [0.717, 1.165) is 0 Å². The summed E-state index contributed by atoms with van der Waals surface area (Å²) in [5.41, 5.74) is 5.89. The van der Waals surface area contributed by atoms with Crippen LogP contribution in [-0.4, -0.2) is 27.4 Å². The van der Waals surface area contributed by atoms with Crippen LogP contribution in [-0.2, 0) is 14.8 Å². The lowest BCUT2D eigenvalue weighted by atomic mass is 10.3. The Balaban J connectivity index is 2.86. The van der Waals surface area contributed by atoms with Gasteiger partial charge in [0.05, 0.1) is 10.9 Å². The van der Waals surface area contributed by atoms with Crippen molar-refractivity contribution in [2.45, 2.75) is 17.9 Å². The SMILES string of the molecule is CNS(=O)(=O)c1ccc(NC(=O)[C@@H](C)N)cc1. The van der Waals surface area contributed by atoms with Gasteiger partial charge in [0.2, 0.25) is 15.9 Å². The minimum Gasteiger partial charge on any atom is -0.325 e. The highest BCUT2D eigenvalue weighted by molar-refractivity contribution is 7.89. The van der Waals surface area contributed by atoms with Gasteiger partial charge < -0.3 is 11.1 Å². The number of hydrogen-bond donors (Lipinski definition) is 3. The molecule has 0 heterocycles. The maximum Gasteiger partial charge on any atom is 0.240 e. The van der Waals surface area contributed by atoms with Crippen molar-refractivity contribution < 1.29 is 13.2 Å². The first-order valence-corrected chi connectivity index (χ1v) is 6.45. The van der Waals surface area contributed by atoms with Gasteiger partial charge in [-0.2, -0.15) is 0 Å². The number of nitrogens with one attached hydrogen (secondary N) is 2. The van der Waals surface area contributed by atoms with Crippen molar-refractivity contribution in [3.8, 4) is 0 Å².